The zero-order valence-electron chi connectivity index (χ0n) is 8.68. The van der Waals surface area contributed by atoms with Crippen molar-refractivity contribution < 1.29 is 9.90 Å². The summed E-state index contributed by atoms with van der Waals surface area (Å²) < 4.78 is 0. The molecule has 2 aromatic rings. The van der Waals surface area contributed by atoms with E-state index in [0.29, 0.717) is 10.7 Å². The van der Waals surface area contributed by atoms with E-state index >= 15 is 0 Å². The molecule has 86 valence electrons. The Kier molecular flexibility index (Phi) is 3.25. The monoisotopic (exact) mass is 247 g/mol. The highest BCUT2D eigenvalue weighted by molar-refractivity contribution is 6.33. The minimum atomic E-state index is -1.28. The van der Waals surface area contributed by atoms with E-state index in [1.54, 1.807) is 24.3 Å². The summed E-state index contributed by atoms with van der Waals surface area (Å²) in [5, 5.41) is 14.2. The smallest absolute Gasteiger partial charge is 0.139 e. The van der Waals surface area contributed by atoms with Crippen LogP contribution in [0.1, 0.15) is 10.4 Å². The molecule has 0 atom stereocenters. The van der Waals surface area contributed by atoms with Crippen molar-refractivity contribution in [2.45, 2.75) is 0 Å². The number of halogens is 1. The number of aromatic nitrogens is 1. The normalized spacial score (nSPS) is 9.94. The number of rotatable bonds is 3. The fourth-order valence-electron chi connectivity index (χ4n) is 1.36. The van der Waals surface area contributed by atoms with Gasteiger partial charge in [0.2, 0.25) is 0 Å². The second kappa shape index (κ2) is 4.84. The summed E-state index contributed by atoms with van der Waals surface area (Å²) >= 11 is 5.95. The first-order valence-electron chi connectivity index (χ1n) is 4.86. The molecule has 0 saturated carbocycles. The topological polar surface area (TPSA) is 65.0 Å². The van der Waals surface area contributed by atoms with Crippen LogP contribution in [0.4, 0.5) is 11.5 Å². The number of hydrogen-bond donors (Lipinski definition) is 1. The van der Waals surface area contributed by atoms with E-state index in [9.17, 15) is 9.90 Å². The number of hydrogen-bond acceptors (Lipinski definition) is 4. The molecule has 1 N–H and O–H groups in total. The van der Waals surface area contributed by atoms with Crippen LogP contribution < -0.4 is 10.4 Å². The van der Waals surface area contributed by atoms with E-state index in [4.69, 9.17) is 11.6 Å². The van der Waals surface area contributed by atoms with Crippen molar-refractivity contribution in [2.24, 2.45) is 0 Å². The molecule has 1 heterocycles. The summed E-state index contributed by atoms with van der Waals surface area (Å²) in [7, 11) is 0. The maximum Gasteiger partial charge on any atom is 0.139 e. The molecule has 0 spiro atoms. The first-order chi connectivity index (χ1) is 8.18. The number of carboxylic acid groups (broad SMARTS) is 1. The molecule has 2 rings (SSSR count). The maximum atomic E-state index is 10.9. The Bertz CT molecular complexity index is 558. The molecule has 0 aliphatic rings. The van der Waals surface area contributed by atoms with Gasteiger partial charge in [-0.05, 0) is 24.3 Å². The molecule has 0 unspecified atom stereocenters. The van der Waals surface area contributed by atoms with Crippen LogP contribution in [0.25, 0.3) is 0 Å². The zero-order valence-corrected chi connectivity index (χ0v) is 9.44. The van der Waals surface area contributed by atoms with Gasteiger partial charge in [0, 0.05) is 11.8 Å². The molecule has 5 heteroatoms. The Labute approximate surface area is 103 Å². The van der Waals surface area contributed by atoms with Gasteiger partial charge in [0.05, 0.1) is 16.7 Å². The zero-order chi connectivity index (χ0) is 12.3. The molecule has 0 aliphatic carbocycles. The van der Waals surface area contributed by atoms with Gasteiger partial charge >= 0.3 is 0 Å². The lowest BCUT2D eigenvalue weighted by atomic mass is 10.2. The average molecular weight is 248 g/mol. The third kappa shape index (κ3) is 2.54. The van der Waals surface area contributed by atoms with Crippen LogP contribution in [0.3, 0.4) is 0 Å². The first-order valence-corrected chi connectivity index (χ1v) is 5.24. The third-order valence-corrected chi connectivity index (χ3v) is 2.48. The average Bonchev–Trinajstić information content (AvgIpc) is 2.32. The van der Waals surface area contributed by atoms with E-state index in [-0.39, 0.29) is 11.4 Å². The van der Waals surface area contributed by atoms with E-state index in [1.807, 2.05) is 0 Å². The van der Waals surface area contributed by atoms with E-state index in [0.717, 1.165) is 0 Å². The van der Waals surface area contributed by atoms with Crippen LogP contribution in [0.2, 0.25) is 5.02 Å². The maximum absolute atomic E-state index is 10.9. The van der Waals surface area contributed by atoms with Crippen molar-refractivity contribution in [2.75, 3.05) is 5.32 Å². The Morgan fingerprint density at radius 3 is 2.71 bits per heavy atom. The van der Waals surface area contributed by atoms with Crippen LogP contribution in [-0.2, 0) is 0 Å². The highest BCUT2D eigenvalue weighted by atomic mass is 35.5. The first kappa shape index (κ1) is 11.4. The third-order valence-electron chi connectivity index (χ3n) is 2.15. The molecule has 1 aromatic carbocycles. The van der Waals surface area contributed by atoms with Gasteiger partial charge in [-0.2, -0.15) is 0 Å². The van der Waals surface area contributed by atoms with E-state index in [2.05, 4.69) is 10.3 Å². The van der Waals surface area contributed by atoms with Crippen LogP contribution in [0.15, 0.2) is 42.6 Å². The minimum Gasteiger partial charge on any atom is -0.545 e. The van der Waals surface area contributed by atoms with Crippen molar-refractivity contribution in [1.82, 2.24) is 4.98 Å². The largest absolute Gasteiger partial charge is 0.545 e. The fourth-order valence-corrected chi connectivity index (χ4v) is 1.54. The van der Waals surface area contributed by atoms with Gasteiger partial charge in [-0.15, -0.1) is 0 Å². The Hall–Kier alpha value is -2.07. The molecule has 0 saturated heterocycles. The van der Waals surface area contributed by atoms with Crippen LogP contribution in [0, 0.1) is 0 Å². The lowest BCUT2D eigenvalue weighted by Crippen LogP contribution is -2.23. The summed E-state index contributed by atoms with van der Waals surface area (Å²) in [4.78, 5) is 14.8. The summed E-state index contributed by atoms with van der Waals surface area (Å²) in [6.45, 7) is 0. The molecule has 0 radical (unpaired) electrons. The number of carbonyl (C=O) groups excluding carboxylic acids is 1. The lowest BCUT2D eigenvalue weighted by Gasteiger charge is -2.12. The summed E-state index contributed by atoms with van der Waals surface area (Å²) in [5.74, 6) is -1.08. The van der Waals surface area contributed by atoms with Crippen molar-refractivity contribution in [1.29, 1.82) is 0 Å². The summed E-state index contributed by atoms with van der Waals surface area (Å²) in [6.07, 6.45) is 1.49. The van der Waals surface area contributed by atoms with Gasteiger partial charge in [0.15, 0.2) is 0 Å². The number of benzene rings is 1. The number of carboxylic acids is 1. The van der Waals surface area contributed by atoms with Gasteiger partial charge < -0.3 is 15.2 Å². The number of para-hydroxylation sites is 1. The van der Waals surface area contributed by atoms with Gasteiger partial charge in [-0.3, -0.25) is 0 Å². The molecule has 0 bridgehead atoms. The van der Waals surface area contributed by atoms with Crippen LogP contribution in [-0.4, -0.2) is 11.0 Å². The molecular weight excluding hydrogens is 240 g/mol. The van der Waals surface area contributed by atoms with Gasteiger partial charge in [0.25, 0.3) is 0 Å². The quantitative estimate of drug-likeness (QED) is 0.899. The number of nitrogens with one attached hydrogen (secondary N) is 1. The molecular formula is C12H8ClN2O2-. The summed E-state index contributed by atoms with van der Waals surface area (Å²) in [5.41, 5.74) is 0.586. The van der Waals surface area contributed by atoms with Gasteiger partial charge in [-0.1, -0.05) is 23.7 Å². The minimum absolute atomic E-state index is 0.00702. The highest BCUT2D eigenvalue weighted by Gasteiger charge is 2.06. The lowest BCUT2D eigenvalue weighted by molar-refractivity contribution is -0.254. The Balaban J connectivity index is 2.37. The van der Waals surface area contributed by atoms with Gasteiger partial charge in [-0.25, -0.2) is 4.98 Å². The second-order valence-electron chi connectivity index (χ2n) is 3.29. The van der Waals surface area contributed by atoms with Crippen LogP contribution in [0.5, 0.6) is 0 Å². The molecule has 17 heavy (non-hydrogen) atoms. The molecule has 0 amide bonds. The molecule has 1 aromatic heterocycles. The fraction of sp³-hybridized carbons (Fsp3) is 0. The second-order valence-corrected chi connectivity index (χ2v) is 3.70. The highest BCUT2D eigenvalue weighted by Crippen LogP contribution is 2.25. The number of pyridine rings is 1. The SMILES string of the molecule is O=C([O-])c1cccnc1Nc1ccccc1Cl. The van der Waals surface area contributed by atoms with Crippen molar-refractivity contribution in [3.8, 4) is 0 Å². The van der Waals surface area contributed by atoms with Crippen molar-refractivity contribution in [3.05, 3.63) is 53.2 Å². The number of nitrogens with zero attached hydrogens (tertiary/aromatic N) is 1. The van der Waals surface area contributed by atoms with Crippen LogP contribution >= 0.6 is 11.6 Å². The number of carbonyl (C=O) groups is 1. The number of anilines is 2. The van der Waals surface area contributed by atoms with Crippen molar-refractivity contribution >= 4 is 29.1 Å². The standard InChI is InChI=1S/C12H9ClN2O2/c13-9-5-1-2-6-10(9)15-11-8(12(16)17)4-3-7-14-11/h1-7H,(H,14,15)(H,16,17)/p-1. The molecule has 0 fully saturated rings. The van der Waals surface area contributed by atoms with Gasteiger partial charge in [0.1, 0.15) is 5.82 Å². The Morgan fingerprint density at radius 1 is 1.24 bits per heavy atom. The predicted octanol–water partition coefficient (Wildman–Crippen LogP) is 1.84. The van der Waals surface area contributed by atoms with E-state index < -0.39 is 5.97 Å². The van der Waals surface area contributed by atoms with Crippen molar-refractivity contribution in [3.63, 3.8) is 0 Å². The Morgan fingerprint density at radius 2 is 2.00 bits per heavy atom. The van der Waals surface area contributed by atoms with E-state index in [1.165, 1.54) is 18.3 Å². The number of aromatic carboxylic acids is 1. The predicted molar refractivity (Wildman–Crippen MR) is 63.3 cm³/mol. The molecule has 4 nitrogen and oxygen atoms in total. The summed E-state index contributed by atoms with van der Waals surface area (Å²) in [6, 6.07) is 9.95. The molecule has 0 aliphatic heterocycles.